The van der Waals surface area contributed by atoms with Crippen LogP contribution in [0, 0.1) is 10.1 Å². The molecule has 0 aliphatic heterocycles. The number of aliphatic hydroxyl groups is 2. The van der Waals surface area contributed by atoms with E-state index in [2.05, 4.69) is 4.98 Å². The first-order valence-electron chi connectivity index (χ1n) is 7.41. The van der Waals surface area contributed by atoms with Crippen LogP contribution in [0.25, 0.3) is 23.1 Å². The summed E-state index contributed by atoms with van der Waals surface area (Å²) in [7, 11) is 0. The lowest BCUT2D eigenvalue weighted by Crippen LogP contribution is -2.26. The van der Waals surface area contributed by atoms with Crippen molar-refractivity contribution in [1.82, 2.24) is 4.98 Å². The summed E-state index contributed by atoms with van der Waals surface area (Å²) in [6, 6.07) is 11.9. The minimum absolute atomic E-state index is 0.327. The normalized spacial score (nSPS) is 11.3. The van der Waals surface area contributed by atoms with E-state index < -0.39 is 4.92 Å². The van der Waals surface area contributed by atoms with Gasteiger partial charge in [-0.15, -0.1) is 0 Å². The lowest BCUT2D eigenvalue weighted by Gasteiger charge is -2.19. The molecule has 0 spiro atoms. The van der Waals surface area contributed by atoms with Crippen LogP contribution in [0.1, 0.15) is 11.3 Å². The van der Waals surface area contributed by atoms with Crippen molar-refractivity contribution in [2.75, 3.05) is 18.4 Å². The van der Waals surface area contributed by atoms with Gasteiger partial charge in [0, 0.05) is 5.39 Å². The van der Waals surface area contributed by atoms with Crippen LogP contribution in [-0.2, 0) is 0 Å². The number of pyridine rings is 1. The third-order valence-corrected chi connectivity index (χ3v) is 3.62. The Morgan fingerprint density at radius 3 is 2.60 bits per heavy atom. The topological polar surface area (TPSA) is 113 Å². The molecule has 8 heteroatoms. The lowest BCUT2D eigenvalue weighted by atomic mass is 10.1. The molecule has 128 valence electrons. The highest BCUT2D eigenvalue weighted by atomic mass is 16.6. The molecule has 0 saturated heterocycles. The molecule has 0 amide bonds. The maximum atomic E-state index is 10.7. The monoisotopic (exact) mass is 341 g/mol. The molecule has 0 aliphatic rings. The first kappa shape index (κ1) is 16.6. The van der Waals surface area contributed by atoms with Crippen molar-refractivity contribution in [3.05, 3.63) is 63.9 Å². The molecule has 0 fully saturated rings. The van der Waals surface area contributed by atoms with Crippen LogP contribution in [0.15, 0.2) is 46.9 Å². The van der Waals surface area contributed by atoms with Gasteiger partial charge >= 0.3 is 5.88 Å². The number of rotatable bonds is 6. The van der Waals surface area contributed by atoms with Gasteiger partial charge in [0.1, 0.15) is 30.0 Å². The van der Waals surface area contributed by atoms with Crippen LogP contribution in [0.4, 0.5) is 11.7 Å². The molecule has 2 N–H and O–H groups in total. The fraction of sp³-hybridized carbons (Fsp3) is 0.118. The average molecular weight is 341 g/mol. The number of fused-ring (bicyclic) bond motifs is 1. The molecule has 0 radical (unpaired) electrons. The van der Waals surface area contributed by atoms with Crippen molar-refractivity contribution < 1.29 is 19.6 Å². The number of benzene rings is 1. The largest absolute Gasteiger partial charge is 0.433 e. The van der Waals surface area contributed by atoms with Crippen molar-refractivity contribution in [2.24, 2.45) is 0 Å². The predicted octanol–water partition coefficient (Wildman–Crippen LogP) is 2.61. The number of anilines is 1. The van der Waals surface area contributed by atoms with Gasteiger partial charge in [-0.25, -0.2) is 4.98 Å². The standard InChI is InChI=1S/C17H15N3O5/c21-10-19(11-22)16-9-12(14-3-1-2-4-15(14)18-16)5-6-13-7-8-17(25-13)20(23)24/h1-9,21-22H,10-11H2. The second-order valence-corrected chi connectivity index (χ2v) is 5.18. The Morgan fingerprint density at radius 1 is 1.16 bits per heavy atom. The molecule has 2 heterocycles. The molecule has 0 unspecified atom stereocenters. The van der Waals surface area contributed by atoms with E-state index in [0.717, 1.165) is 10.9 Å². The second kappa shape index (κ2) is 7.12. The van der Waals surface area contributed by atoms with Crippen LogP contribution in [0.5, 0.6) is 0 Å². The fourth-order valence-electron chi connectivity index (χ4n) is 2.38. The molecular formula is C17H15N3O5. The summed E-state index contributed by atoms with van der Waals surface area (Å²) in [4.78, 5) is 15.8. The van der Waals surface area contributed by atoms with Gasteiger partial charge in [-0.3, -0.25) is 10.1 Å². The van der Waals surface area contributed by atoms with Crippen molar-refractivity contribution >= 4 is 34.8 Å². The highest BCUT2D eigenvalue weighted by Crippen LogP contribution is 2.25. The first-order chi connectivity index (χ1) is 12.1. The summed E-state index contributed by atoms with van der Waals surface area (Å²) in [5.74, 6) is 0.427. The van der Waals surface area contributed by atoms with Crippen LogP contribution in [0.3, 0.4) is 0 Å². The van der Waals surface area contributed by atoms with Crippen molar-refractivity contribution in [3.8, 4) is 0 Å². The van der Waals surface area contributed by atoms with Gasteiger partial charge in [0.15, 0.2) is 0 Å². The summed E-state index contributed by atoms with van der Waals surface area (Å²) >= 11 is 0. The van der Waals surface area contributed by atoms with Crippen molar-refractivity contribution in [3.63, 3.8) is 0 Å². The first-order valence-corrected chi connectivity index (χ1v) is 7.41. The number of para-hydroxylation sites is 1. The Hall–Kier alpha value is -3.23. The Balaban J connectivity index is 2.03. The molecule has 3 aromatic rings. The van der Waals surface area contributed by atoms with E-state index >= 15 is 0 Å². The number of nitro groups is 1. The molecule has 0 aliphatic carbocycles. The Labute approximate surface area is 142 Å². The number of furan rings is 1. The minimum atomic E-state index is -0.600. The van der Waals surface area contributed by atoms with Gasteiger partial charge in [-0.2, -0.15) is 0 Å². The van der Waals surface area contributed by atoms with E-state index in [1.807, 2.05) is 24.3 Å². The Bertz CT molecular complexity index is 931. The number of hydrogen-bond donors (Lipinski definition) is 2. The van der Waals surface area contributed by atoms with Crippen molar-refractivity contribution in [1.29, 1.82) is 0 Å². The van der Waals surface area contributed by atoms with E-state index in [9.17, 15) is 20.3 Å². The lowest BCUT2D eigenvalue weighted by molar-refractivity contribution is -0.402. The van der Waals surface area contributed by atoms with Crippen molar-refractivity contribution in [2.45, 2.75) is 0 Å². The SMILES string of the molecule is O=[N+]([O-])c1ccc(C=Cc2cc(N(CO)CO)nc3ccccc23)o1. The number of hydrogen-bond acceptors (Lipinski definition) is 7. The summed E-state index contributed by atoms with van der Waals surface area (Å²) in [6.45, 7) is -0.759. The second-order valence-electron chi connectivity index (χ2n) is 5.18. The zero-order chi connectivity index (χ0) is 17.8. The molecular weight excluding hydrogens is 326 g/mol. The van der Waals surface area contributed by atoms with Crippen LogP contribution >= 0.6 is 0 Å². The number of aliphatic hydroxyl groups excluding tert-OH is 2. The van der Waals surface area contributed by atoms with Gasteiger partial charge in [-0.1, -0.05) is 24.3 Å². The van der Waals surface area contributed by atoms with Gasteiger partial charge < -0.3 is 19.5 Å². The van der Waals surface area contributed by atoms with E-state index in [1.165, 1.54) is 17.0 Å². The van der Waals surface area contributed by atoms with Gasteiger partial charge in [0.2, 0.25) is 0 Å². The molecule has 8 nitrogen and oxygen atoms in total. The summed E-state index contributed by atoms with van der Waals surface area (Å²) in [5.41, 5.74) is 1.46. The summed E-state index contributed by atoms with van der Waals surface area (Å²) in [6.07, 6.45) is 3.35. The van der Waals surface area contributed by atoms with E-state index in [0.29, 0.717) is 17.1 Å². The van der Waals surface area contributed by atoms with Crippen LogP contribution < -0.4 is 4.90 Å². The fourth-order valence-corrected chi connectivity index (χ4v) is 2.38. The zero-order valence-corrected chi connectivity index (χ0v) is 13.1. The maximum absolute atomic E-state index is 10.7. The highest BCUT2D eigenvalue weighted by Gasteiger charge is 2.11. The van der Waals surface area contributed by atoms with Gasteiger partial charge in [0.05, 0.1) is 11.6 Å². The molecule has 0 bridgehead atoms. The summed E-state index contributed by atoms with van der Waals surface area (Å²) in [5, 5.41) is 30.2. The van der Waals surface area contributed by atoms with Crippen LogP contribution in [-0.4, -0.2) is 33.6 Å². The van der Waals surface area contributed by atoms with E-state index in [1.54, 1.807) is 18.2 Å². The smallest absolute Gasteiger partial charge is 0.401 e. The van der Waals surface area contributed by atoms with E-state index in [4.69, 9.17) is 4.42 Å². The third kappa shape index (κ3) is 3.49. The predicted molar refractivity (Wildman–Crippen MR) is 92.7 cm³/mol. The molecule has 0 atom stereocenters. The zero-order valence-electron chi connectivity index (χ0n) is 13.1. The highest BCUT2D eigenvalue weighted by molar-refractivity contribution is 5.91. The molecule has 0 saturated carbocycles. The van der Waals surface area contributed by atoms with Gasteiger partial charge in [0.25, 0.3) is 0 Å². The number of aromatic nitrogens is 1. The van der Waals surface area contributed by atoms with Crippen LogP contribution in [0.2, 0.25) is 0 Å². The Kier molecular flexibility index (Phi) is 4.73. The minimum Gasteiger partial charge on any atom is -0.401 e. The molecule has 2 aromatic heterocycles. The third-order valence-electron chi connectivity index (χ3n) is 3.62. The molecule has 25 heavy (non-hydrogen) atoms. The quantitative estimate of drug-likeness (QED) is 0.402. The molecule has 3 rings (SSSR count). The molecule has 1 aromatic carbocycles. The maximum Gasteiger partial charge on any atom is 0.433 e. The Morgan fingerprint density at radius 2 is 1.92 bits per heavy atom. The summed E-state index contributed by atoms with van der Waals surface area (Å²) < 4.78 is 5.11. The van der Waals surface area contributed by atoms with Gasteiger partial charge in [-0.05, 0) is 29.8 Å². The number of nitrogens with zero attached hydrogens (tertiary/aromatic N) is 3. The van der Waals surface area contributed by atoms with E-state index in [-0.39, 0.29) is 19.3 Å². The average Bonchev–Trinajstić information content (AvgIpc) is 3.10.